The Morgan fingerprint density at radius 2 is 2.10 bits per heavy atom. The molecule has 1 aromatic heterocycles. The lowest BCUT2D eigenvalue weighted by molar-refractivity contribution is -0.139. The number of aromatic nitrogens is 2. The molecule has 1 atom stereocenters. The molecule has 0 aliphatic heterocycles. The van der Waals surface area contributed by atoms with E-state index in [0.717, 1.165) is 0 Å². The van der Waals surface area contributed by atoms with Gasteiger partial charge in [-0.25, -0.2) is 9.59 Å². The summed E-state index contributed by atoms with van der Waals surface area (Å²) in [5.41, 5.74) is 0. The lowest BCUT2D eigenvalue weighted by atomic mass is 10.0. The number of carbonyl (C=O) groups is 2. The summed E-state index contributed by atoms with van der Waals surface area (Å²) < 4.78 is 4.79. The van der Waals surface area contributed by atoms with Crippen LogP contribution in [0.5, 0.6) is 0 Å². The van der Waals surface area contributed by atoms with E-state index in [4.69, 9.17) is 9.63 Å². The van der Waals surface area contributed by atoms with Gasteiger partial charge in [-0.15, -0.1) is 0 Å². The molecule has 0 saturated carbocycles. The average Bonchev–Trinajstić information content (AvgIpc) is 2.73. The van der Waals surface area contributed by atoms with Gasteiger partial charge in [0.25, 0.3) is 0 Å². The zero-order valence-electron chi connectivity index (χ0n) is 11.8. The number of carboxylic acid groups (broad SMARTS) is 1. The number of aryl methyl sites for hydroxylation is 1. The number of hydrogen-bond acceptors (Lipinski definition) is 5. The minimum atomic E-state index is -1.04. The summed E-state index contributed by atoms with van der Waals surface area (Å²) >= 11 is 0. The lowest BCUT2D eigenvalue weighted by Crippen LogP contribution is -2.47. The Morgan fingerprint density at radius 3 is 2.60 bits per heavy atom. The van der Waals surface area contributed by atoms with Gasteiger partial charge in [0.05, 0.1) is 0 Å². The van der Waals surface area contributed by atoms with Crippen LogP contribution in [-0.4, -0.2) is 39.8 Å². The van der Waals surface area contributed by atoms with E-state index in [9.17, 15) is 9.59 Å². The number of carbonyl (C=O) groups excluding carboxylic acids is 1. The highest BCUT2D eigenvalue weighted by Gasteiger charge is 2.20. The first-order valence-electron chi connectivity index (χ1n) is 6.45. The third-order valence-corrected chi connectivity index (χ3v) is 2.51. The summed E-state index contributed by atoms with van der Waals surface area (Å²) in [6.07, 6.45) is 0.805. The highest BCUT2D eigenvalue weighted by Crippen LogP contribution is 2.04. The third kappa shape index (κ3) is 5.68. The molecule has 112 valence electrons. The van der Waals surface area contributed by atoms with Crippen molar-refractivity contribution >= 4 is 12.0 Å². The predicted octanol–water partition coefficient (Wildman–Crippen LogP) is 0.719. The molecule has 8 nitrogen and oxygen atoms in total. The fourth-order valence-electron chi connectivity index (χ4n) is 1.63. The molecule has 1 rings (SSSR count). The van der Waals surface area contributed by atoms with Crippen molar-refractivity contribution in [1.82, 2.24) is 20.8 Å². The Labute approximate surface area is 116 Å². The van der Waals surface area contributed by atoms with Crippen LogP contribution < -0.4 is 10.6 Å². The molecule has 0 spiro atoms. The largest absolute Gasteiger partial charge is 0.480 e. The minimum Gasteiger partial charge on any atom is -0.480 e. The SMILES string of the molecule is Cc1nc(CCNC(=O)N[C@H](CC(C)C)C(=O)O)no1. The van der Waals surface area contributed by atoms with E-state index in [0.29, 0.717) is 31.1 Å². The van der Waals surface area contributed by atoms with E-state index < -0.39 is 18.0 Å². The van der Waals surface area contributed by atoms with Crippen molar-refractivity contribution < 1.29 is 19.2 Å². The molecule has 0 unspecified atom stereocenters. The van der Waals surface area contributed by atoms with Gasteiger partial charge in [-0.05, 0) is 12.3 Å². The van der Waals surface area contributed by atoms with Gasteiger partial charge in [-0.3, -0.25) is 0 Å². The van der Waals surface area contributed by atoms with Gasteiger partial charge in [0, 0.05) is 19.9 Å². The molecule has 2 amide bonds. The smallest absolute Gasteiger partial charge is 0.326 e. The van der Waals surface area contributed by atoms with Crippen molar-refractivity contribution in [3.63, 3.8) is 0 Å². The van der Waals surface area contributed by atoms with Crippen LogP contribution in [0.4, 0.5) is 4.79 Å². The van der Waals surface area contributed by atoms with E-state index in [1.165, 1.54) is 0 Å². The number of amides is 2. The first-order chi connectivity index (χ1) is 9.38. The zero-order chi connectivity index (χ0) is 15.1. The molecule has 0 aromatic carbocycles. The summed E-state index contributed by atoms with van der Waals surface area (Å²) in [5, 5.41) is 17.7. The summed E-state index contributed by atoms with van der Waals surface area (Å²) in [7, 11) is 0. The van der Waals surface area contributed by atoms with Crippen LogP contribution in [0.15, 0.2) is 4.52 Å². The molecule has 0 aliphatic carbocycles. The van der Waals surface area contributed by atoms with Crippen LogP contribution in [-0.2, 0) is 11.2 Å². The molecule has 0 saturated heterocycles. The van der Waals surface area contributed by atoms with Crippen molar-refractivity contribution in [1.29, 1.82) is 0 Å². The Hall–Kier alpha value is -2.12. The second-order valence-corrected chi connectivity index (χ2v) is 4.90. The molecular formula is C12H20N4O4. The van der Waals surface area contributed by atoms with Crippen LogP contribution >= 0.6 is 0 Å². The summed E-state index contributed by atoms with van der Waals surface area (Å²) in [4.78, 5) is 26.6. The molecule has 0 bridgehead atoms. The minimum absolute atomic E-state index is 0.179. The molecule has 20 heavy (non-hydrogen) atoms. The highest BCUT2D eigenvalue weighted by molar-refractivity contribution is 5.82. The van der Waals surface area contributed by atoms with E-state index >= 15 is 0 Å². The molecule has 0 radical (unpaired) electrons. The van der Waals surface area contributed by atoms with Crippen LogP contribution in [0, 0.1) is 12.8 Å². The van der Waals surface area contributed by atoms with E-state index in [2.05, 4.69) is 20.8 Å². The number of aliphatic carboxylic acids is 1. The second kappa shape index (κ2) is 7.46. The second-order valence-electron chi connectivity index (χ2n) is 4.90. The molecular weight excluding hydrogens is 264 g/mol. The molecule has 0 aliphatic rings. The van der Waals surface area contributed by atoms with Gasteiger partial charge in [0.15, 0.2) is 5.82 Å². The van der Waals surface area contributed by atoms with E-state index in [-0.39, 0.29) is 5.92 Å². The maximum atomic E-state index is 11.6. The first kappa shape index (κ1) is 15.9. The Balaban J connectivity index is 2.32. The quantitative estimate of drug-likeness (QED) is 0.679. The van der Waals surface area contributed by atoms with E-state index in [1.54, 1.807) is 6.92 Å². The first-order valence-corrected chi connectivity index (χ1v) is 6.45. The number of carboxylic acids is 1. The van der Waals surface area contributed by atoms with Gasteiger partial charge in [-0.2, -0.15) is 4.98 Å². The van der Waals surface area contributed by atoms with E-state index in [1.807, 2.05) is 13.8 Å². The molecule has 8 heteroatoms. The summed E-state index contributed by atoms with van der Waals surface area (Å²) in [6.45, 7) is 5.78. The van der Waals surface area contributed by atoms with Crippen molar-refractivity contribution in [2.45, 2.75) is 39.7 Å². The summed E-state index contributed by atoms with van der Waals surface area (Å²) in [6, 6.07) is -1.40. The Bertz CT molecular complexity index is 458. The molecule has 1 heterocycles. The van der Waals surface area contributed by atoms with Crippen LogP contribution in [0.25, 0.3) is 0 Å². The number of hydrogen-bond donors (Lipinski definition) is 3. The van der Waals surface area contributed by atoms with Crippen LogP contribution in [0.2, 0.25) is 0 Å². The van der Waals surface area contributed by atoms with Gasteiger partial charge in [-0.1, -0.05) is 19.0 Å². The molecule has 0 fully saturated rings. The van der Waals surface area contributed by atoms with Crippen molar-refractivity contribution in [3.05, 3.63) is 11.7 Å². The Kier molecular flexibility index (Phi) is 5.95. The fourth-order valence-corrected chi connectivity index (χ4v) is 1.63. The van der Waals surface area contributed by atoms with Gasteiger partial charge >= 0.3 is 12.0 Å². The van der Waals surface area contributed by atoms with Crippen molar-refractivity contribution in [3.8, 4) is 0 Å². The topological polar surface area (TPSA) is 117 Å². The maximum absolute atomic E-state index is 11.6. The standard InChI is InChI=1S/C12H20N4O4/c1-7(2)6-9(11(17)18)15-12(19)13-5-4-10-14-8(3)20-16-10/h7,9H,4-6H2,1-3H3,(H,17,18)(H2,13,15,19)/t9-/m1/s1. The predicted molar refractivity (Wildman–Crippen MR) is 70.2 cm³/mol. The van der Waals surface area contributed by atoms with Gasteiger partial charge in [0.1, 0.15) is 6.04 Å². The zero-order valence-corrected chi connectivity index (χ0v) is 11.8. The number of nitrogens with one attached hydrogen (secondary N) is 2. The third-order valence-electron chi connectivity index (χ3n) is 2.51. The molecule has 3 N–H and O–H groups in total. The number of rotatable bonds is 7. The van der Waals surface area contributed by atoms with Crippen LogP contribution in [0.3, 0.4) is 0 Å². The average molecular weight is 284 g/mol. The number of urea groups is 1. The highest BCUT2D eigenvalue weighted by atomic mass is 16.5. The lowest BCUT2D eigenvalue weighted by Gasteiger charge is -2.16. The number of nitrogens with zero attached hydrogens (tertiary/aromatic N) is 2. The van der Waals surface area contributed by atoms with Crippen LogP contribution in [0.1, 0.15) is 32.0 Å². The normalized spacial score (nSPS) is 12.2. The maximum Gasteiger partial charge on any atom is 0.326 e. The fraction of sp³-hybridized carbons (Fsp3) is 0.667. The van der Waals surface area contributed by atoms with Gasteiger partial charge in [0.2, 0.25) is 5.89 Å². The molecule has 1 aromatic rings. The van der Waals surface area contributed by atoms with Crippen molar-refractivity contribution in [2.75, 3.05) is 6.54 Å². The van der Waals surface area contributed by atoms with Gasteiger partial charge < -0.3 is 20.3 Å². The summed E-state index contributed by atoms with van der Waals surface area (Å²) in [5.74, 6) is 0.105. The monoisotopic (exact) mass is 284 g/mol. The van der Waals surface area contributed by atoms with Crippen molar-refractivity contribution in [2.24, 2.45) is 5.92 Å². The Morgan fingerprint density at radius 1 is 1.40 bits per heavy atom.